The van der Waals surface area contributed by atoms with Crippen LogP contribution in [-0.4, -0.2) is 58.3 Å². The Balaban J connectivity index is 1.38. The molecule has 2 aliphatic heterocycles. The molecule has 0 radical (unpaired) electrons. The van der Waals surface area contributed by atoms with Gasteiger partial charge in [0.05, 0.1) is 12.1 Å². The van der Waals surface area contributed by atoms with E-state index in [0.717, 1.165) is 39.3 Å². The molecular formula is C23H33N3O. The molecule has 1 N–H and O–H groups in total. The van der Waals surface area contributed by atoms with E-state index in [9.17, 15) is 5.11 Å². The number of aliphatic hydroxyl groups excluding tert-OH is 1. The molecule has 3 aliphatic rings. The summed E-state index contributed by atoms with van der Waals surface area (Å²) in [7, 11) is 0. The lowest BCUT2D eigenvalue weighted by Crippen LogP contribution is -2.46. The number of β-amino-alcohol motifs (C(OH)–C–C–N with tert-alkyl or cyclic N) is 1. The van der Waals surface area contributed by atoms with E-state index in [4.69, 9.17) is 0 Å². The number of aryl methyl sites for hydroxylation is 2. The zero-order valence-electron chi connectivity index (χ0n) is 16.7. The zero-order chi connectivity index (χ0) is 18.4. The van der Waals surface area contributed by atoms with Gasteiger partial charge in [0, 0.05) is 42.8 Å². The lowest BCUT2D eigenvalue weighted by atomic mass is 9.89. The van der Waals surface area contributed by atoms with Crippen LogP contribution in [0.4, 0.5) is 0 Å². The molecule has 4 heteroatoms. The first kappa shape index (κ1) is 17.7. The van der Waals surface area contributed by atoms with E-state index < -0.39 is 0 Å². The smallest absolute Gasteiger partial charge is 0.0794 e. The van der Waals surface area contributed by atoms with Crippen LogP contribution in [-0.2, 0) is 13.0 Å². The fourth-order valence-electron chi connectivity index (χ4n) is 5.78. The van der Waals surface area contributed by atoms with Crippen LogP contribution < -0.4 is 0 Å². The van der Waals surface area contributed by atoms with E-state index >= 15 is 0 Å². The Labute approximate surface area is 162 Å². The molecule has 3 heterocycles. The number of fused-ring (bicyclic) bond motifs is 3. The van der Waals surface area contributed by atoms with Gasteiger partial charge in [0.1, 0.15) is 0 Å². The average Bonchev–Trinajstić information content (AvgIpc) is 2.99. The average molecular weight is 368 g/mol. The Hall–Kier alpha value is -1.36. The highest BCUT2D eigenvalue weighted by Crippen LogP contribution is 2.42. The maximum Gasteiger partial charge on any atom is 0.0794 e. The molecule has 1 fully saturated rings. The van der Waals surface area contributed by atoms with Crippen LogP contribution in [0.25, 0.3) is 10.9 Å². The van der Waals surface area contributed by atoms with Crippen molar-refractivity contribution in [2.24, 2.45) is 0 Å². The minimum absolute atomic E-state index is 0.230. The van der Waals surface area contributed by atoms with Crippen molar-refractivity contribution in [1.82, 2.24) is 14.4 Å². The van der Waals surface area contributed by atoms with Crippen LogP contribution in [0.5, 0.6) is 0 Å². The molecule has 27 heavy (non-hydrogen) atoms. The number of likely N-dealkylation sites (tertiary alicyclic amines) is 1. The first-order valence-electron chi connectivity index (χ1n) is 11.0. The first-order valence-corrected chi connectivity index (χ1v) is 11.0. The maximum absolute atomic E-state index is 10.8. The number of hydrogen-bond donors (Lipinski definition) is 1. The Morgan fingerprint density at radius 1 is 1.04 bits per heavy atom. The molecule has 0 spiro atoms. The first-order chi connectivity index (χ1) is 13.2. The minimum Gasteiger partial charge on any atom is -0.390 e. The molecular weight excluding hydrogens is 334 g/mol. The maximum atomic E-state index is 10.8. The molecule has 0 amide bonds. The number of aromatic nitrogens is 1. The van der Waals surface area contributed by atoms with Gasteiger partial charge in [-0.25, -0.2) is 0 Å². The van der Waals surface area contributed by atoms with Crippen LogP contribution in [0.3, 0.4) is 0 Å². The van der Waals surface area contributed by atoms with Crippen molar-refractivity contribution < 1.29 is 5.11 Å². The lowest BCUT2D eigenvalue weighted by Gasteiger charge is -2.41. The summed E-state index contributed by atoms with van der Waals surface area (Å²) in [6.07, 6.45) is 7.43. The van der Waals surface area contributed by atoms with E-state index in [0.29, 0.717) is 6.04 Å². The van der Waals surface area contributed by atoms with Gasteiger partial charge in [-0.2, -0.15) is 0 Å². The lowest BCUT2D eigenvalue weighted by molar-refractivity contribution is 0.0381. The summed E-state index contributed by atoms with van der Waals surface area (Å²) in [5.41, 5.74) is 5.92. The second-order valence-electron chi connectivity index (χ2n) is 8.95. The molecule has 5 rings (SSSR count). The summed E-state index contributed by atoms with van der Waals surface area (Å²) in [5.74, 6) is 0. The summed E-state index contributed by atoms with van der Waals surface area (Å²) in [5, 5.41) is 12.3. The fraction of sp³-hybridized carbons (Fsp3) is 0.652. The van der Waals surface area contributed by atoms with E-state index in [1.807, 2.05) is 0 Å². The number of nitrogens with zero attached hydrogens (tertiary/aromatic N) is 3. The monoisotopic (exact) mass is 367 g/mol. The molecule has 1 saturated heterocycles. The van der Waals surface area contributed by atoms with Crippen molar-refractivity contribution in [2.45, 2.75) is 64.1 Å². The number of piperidine rings is 1. The van der Waals surface area contributed by atoms with Crippen molar-refractivity contribution in [3.63, 3.8) is 0 Å². The number of benzene rings is 1. The van der Waals surface area contributed by atoms with Crippen molar-refractivity contribution >= 4 is 10.9 Å². The van der Waals surface area contributed by atoms with Gasteiger partial charge in [-0.15, -0.1) is 0 Å². The van der Waals surface area contributed by atoms with E-state index in [-0.39, 0.29) is 6.10 Å². The van der Waals surface area contributed by atoms with Gasteiger partial charge in [0.15, 0.2) is 0 Å². The molecule has 146 valence electrons. The highest BCUT2D eigenvalue weighted by molar-refractivity contribution is 5.87. The predicted octanol–water partition coefficient (Wildman–Crippen LogP) is 3.49. The molecule has 2 atom stereocenters. The molecule has 1 aromatic heterocycles. The van der Waals surface area contributed by atoms with E-state index in [1.165, 1.54) is 55.0 Å². The second kappa shape index (κ2) is 7.23. The van der Waals surface area contributed by atoms with Crippen LogP contribution >= 0.6 is 0 Å². The topological polar surface area (TPSA) is 31.6 Å². The van der Waals surface area contributed by atoms with Crippen LogP contribution in [0.15, 0.2) is 18.2 Å². The number of hydrogen-bond acceptors (Lipinski definition) is 3. The zero-order valence-corrected chi connectivity index (χ0v) is 16.7. The molecule has 0 bridgehead atoms. The predicted molar refractivity (Wildman–Crippen MR) is 110 cm³/mol. The Morgan fingerprint density at radius 3 is 2.74 bits per heavy atom. The third kappa shape index (κ3) is 3.22. The fourth-order valence-corrected chi connectivity index (χ4v) is 5.78. The van der Waals surface area contributed by atoms with Crippen molar-refractivity contribution in [2.75, 3.05) is 32.7 Å². The Kier molecular flexibility index (Phi) is 4.75. The van der Waals surface area contributed by atoms with Crippen molar-refractivity contribution in [3.05, 3.63) is 35.0 Å². The Bertz CT molecular complexity index is 821. The van der Waals surface area contributed by atoms with Gasteiger partial charge in [-0.1, -0.05) is 18.1 Å². The third-order valence-corrected chi connectivity index (χ3v) is 7.00. The third-order valence-electron chi connectivity index (χ3n) is 7.00. The van der Waals surface area contributed by atoms with Crippen LogP contribution in [0, 0.1) is 6.92 Å². The van der Waals surface area contributed by atoms with E-state index in [2.05, 4.69) is 39.5 Å². The molecule has 1 aromatic carbocycles. The van der Waals surface area contributed by atoms with Gasteiger partial charge in [-0.05, 0) is 69.8 Å². The number of aliphatic hydroxyl groups is 1. The SMILES string of the molecule is Cc1ccc2c(c1)c1c3n2CCN(CC(O)CN2CCCCC2)C3CCC1. The van der Waals surface area contributed by atoms with Gasteiger partial charge >= 0.3 is 0 Å². The summed E-state index contributed by atoms with van der Waals surface area (Å²) in [6, 6.07) is 7.45. The molecule has 2 unspecified atom stereocenters. The quantitative estimate of drug-likeness (QED) is 0.898. The van der Waals surface area contributed by atoms with Gasteiger partial charge in [-0.3, -0.25) is 4.90 Å². The summed E-state index contributed by atoms with van der Waals surface area (Å²) in [4.78, 5) is 5.04. The van der Waals surface area contributed by atoms with E-state index in [1.54, 1.807) is 11.3 Å². The molecule has 4 nitrogen and oxygen atoms in total. The molecule has 1 aliphatic carbocycles. The van der Waals surface area contributed by atoms with Gasteiger partial charge in [0.2, 0.25) is 0 Å². The highest BCUT2D eigenvalue weighted by Gasteiger charge is 2.35. The highest BCUT2D eigenvalue weighted by atomic mass is 16.3. The largest absolute Gasteiger partial charge is 0.390 e. The normalized spacial score (nSPS) is 24.9. The van der Waals surface area contributed by atoms with Gasteiger partial charge < -0.3 is 14.6 Å². The number of rotatable bonds is 4. The van der Waals surface area contributed by atoms with Crippen LogP contribution in [0.1, 0.15) is 55.0 Å². The molecule has 0 saturated carbocycles. The van der Waals surface area contributed by atoms with Crippen LogP contribution in [0.2, 0.25) is 0 Å². The minimum atomic E-state index is -0.230. The summed E-state index contributed by atoms with van der Waals surface area (Å²) in [6.45, 7) is 8.32. The summed E-state index contributed by atoms with van der Waals surface area (Å²) < 4.78 is 2.58. The summed E-state index contributed by atoms with van der Waals surface area (Å²) >= 11 is 0. The Morgan fingerprint density at radius 2 is 1.89 bits per heavy atom. The van der Waals surface area contributed by atoms with Crippen molar-refractivity contribution in [1.29, 1.82) is 0 Å². The molecule has 2 aromatic rings. The van der Waals surface area contributed by atoms with Crippen molar-refractivity contribution in [3.8, 4) is 0 Å². The second-order valence-corrected chi connectivity index (χ2v) is 8.95. The van der Waals surface area contributed by atoms with Gasteiger partial charge in [0.25, 0.3) is 0 Å². The standard InChI is InChI=1S/C23H33N3O/c1-17-8-9-21-20(14-17)19-6-5-7-22-23(19)26(21)13-12-25(22)16-18(27)15-24-10-3-2-4-11-24/h8-9,14,18,22,27H,2-7,10-13,15-16H2,1H3.